The first-order valence-corrected chi connectivity index (χ1v) is 9.52. The number of hydrogen-bond acceptors (Lipinski definition) is 3. The second-order valence-electron chi connectivity index (χ2n) is 6.24. The van der Waals surface area contributed by atoms with Gasteiger partial charge in [0.15, 0.2) is 0 Å². The molecule has 0 saturated carbocycles. The molecule has 134 valence electrons. The van der Waals surface area contributed by atoms with Gasteiger partial charge in [0.25, 0.3) is 5.91 Å². The molecule has 0 aliphatic carbocycles. The summed E-state index contributed by atoms with van der Waals surface area (Å²) in [7, 11) is 0. The second kappa shape index (κ2) is 9.11. The van der Waals surface area contributed by atoms with Crippen molar-refractivity contribution in [2.75, 3.05) is 18.0 Å². The monoisotopic (exact) mass is 403 g/mol. The molecular formula is C20H26BrN3O. The molecule has 1 heterocycles. The van der Waals surface area contributed by atoms with E-state index < -0.39 is 0 Å². The van der Waals surface area contributed by atoms with Gasteiger partial charge in [-0.2, -0.15) is 0 Å². The van der Waals surface area contributed by atoms with Crippen molar-refractivity contribution < 1.29 is 4.79 Å². The molecule has 2 aromatic rings. The molecule has 0 aliphatic heterocycles. The Hall–Kier alpha value is -1.72. The maximum atomic E-state index is 12.8. The molecule has 0 saturated heterocycles. The van der Waals surface area contributed by atoms with Gasteiger partial charge in [-0.3, -0.25) is 14.6 Å². The fraction of sp³-hybridized carbons (Fsp3) is 0.400. The molecule has 0 aliphatic rings. The average Bonchev–Trinajstić information content (AvgIpc) is 2.62. The molecule has 4 nitrogen and oxygen atoms in total. The van der Waals surface area contributed by atoms with E-state index in [1.807, 2.05) is 43.3 Å². The summed E-state index contributed by atoms with van der Waals surface area (Å²) in [4.78, 5) is 21.2. The number of nitrogens with zero attached hydrogens (tertiary/aromatic N) is 3. The lowest BCUT2D eigenvalue weighted by Crippen LogP contribution is -2.31. The number of halogens is 1. The molecule has 1 amide bonds. The zero-order valence-electron chi connectivity index (χ0n) is 15.4. The zero-order chi connectivity index (χ0) is 18.4. The van der Waals surface area contributed by atoms with Crippen LogP contribution >= 0.6 is 15.9 Å². The number of carbonyl (C=O) groups is 1. The van der Waals surface area contributed by atoms with Gasteiger partial charge in [-0.05, 0) is 73.1 Å². The Morgan fingerprint density at radius 3 is 2.24 bits per heavy atom. The Kier molecular flexibility index (Phi) is 7.14. The van der Waals surface area contributed by atoms with Crippen LogP contribution in [0.25, 0.3) is 0 Å². The van der Waals surface area contributed by atoms with Gasteiger partial charge in [-0.1, -0.05) is 19.1 Å². The predicted octanol–water partition coefficient (Wildman–Crippen LogP) is 4.74. The third-order valence-corrected chi connectivity index (χ3v) is 4.74. The van der Waals surface area contributed by atoms with E-state index in [1.54, 1.807) is 11.1 Å². The first kappa shape index (κ1) is 19.6. The summed E-state index contributed by atoms with van der Waals surface area (Å²) in [5.41, 5.74) is 1.90. The van der Waals surface area contributed by atoms with E-state index in [2.05, 4.69) is 46.6 Å². The van der Waals surface area contributed by atoms with E-state index in [4.69, 9.17) is 0 Å². The maximum absolute atomic E-state index is 12.8. The van der Waals surface area contributed by atoms with Gasteiger partial charge in [0, 0.05) is 35.4 Å². The van der Waals surface area contributed by atoms with Crippen LogP contribution in [0, 0.1) is 0 Å². The molecule has 0 bridgehead atoms. The van der Waals surface area contributed by atoms with Crippen molar-refractivity contribution in [1.82, 2.24) is 9.88 Å². The highest BCUT2D eigenvalue weighted by atomic mass is 79.9. The minimum atomic E-state index is -0.0277. The highest BCUT2D eigenvalue weighted by Gasteiger charge is 2.17. The highest BCUT2D eigenvalue weighted by Crippen LogP contribution is 2.18. The van der Waals surface area contributed by atoms with Gasteiger partial charge in [0.05, 0.1) is 0 Å². The number of hydrogen-bond donors (Lipinski definition) is 0. The lowest BCUT2D eigenvalue weighted by molar-refractivity contribution is 0.0987. The molecule has 0 atom stereocenters. The normalized spacial score (nSPS) is 11.2. The van der Waals surface area contributed by atoms with Crippen LogP contribution in [0.1, 0.15) is 43.6 Å². The second-order valence-corrected chi connectivity index (χ2v) is 7.15. The topological polar surface area (TPSA) is 36.4 Å². The van der Waals surface area contributed by atoms with E-state index in [0.717, 1.165) is 17.6 Å². The van der Waals surface area contributed by atoms with Crippen molar-refractivity contribution in [1.29, 1.82) is 0 Å². The molecule has 0 spiro atoms. The molecule has 5 heteroatoms. The summed E-state index contributed by atoms with van der Waals surface area (Å²) in [6.07, 6.45) is 1.71. The molecule has 0 N–H and O–H groups in total. The fourth-order valence-electron chi connectivity index (χ4n) is 2.74. The molecule has 0 radical (unpaired) electrons. The molecule has 2 rings (SSSR count). The minimum Gasteiger partial charge on any atom is -0.297 e. The molecule has 0 unspecified atom stereocenters. The first-order chi connectivity index (χ1) is 12.0. The summed E-state index contributed by atoms with van der Waals surface area (Å²) in [5, 5.41) is 0. The Bertz CT molecular complexity index is 683. The third-order valence-electron chi connectivity index (χ3n) is 4.27. The quantitative estimate of drug-likeness (QED) is 0.669. The van der Waals surface area contributed by atoms with E-state index in [-0.39, 0.29) is 5.91 Å². The molecule has 1 aromatic heterocycles. The molecule has 25 heavy (non-hydrogen) atoms. The number of amides is 1. The standard InChI is InChI=1S/C20H26BrN3O/c1-5-23(15(3)4)14-16-7-9-17(10-8-16)20(25)24(6-2)19-12-11-18(21)13-22-19/h7-13,15H,5-6,14H2,1-4H3. The summed E-state index contributed by atoms with van der Waals surface area (Å²) in [5.74, 6) is 0.636. The molecule has 0 fully saturated rings. The number of anilines is 1. The van der Waals surface area contributed by atoms with Gasteiger partial charge < -0.3 is 0 Å². The van der Waals surface area contributed by atoms with E-state index in [9.17, 15) is 4.79 Å². The van der Waals surface area contributed by atoms with E-state index in [1.165, 1.54) is 5.56 Å². The van der Waals surface area contributed by atoms with Gasteiger partial charge in [-0.25, -0.2) is 4.98 Å². The third kappa shape index (κ3) is 5.13. The van der Waals surface area contributed by atoms with Crippen molar-refractivity contribution in [2.24, 2.45) is 0 Å². The Morgan fingerprint density at radius 2 is 1.76 bits per heavy atom. The highest BCUT2D eigenvalue weighted by molar-refractivity contribution is 9.10. The summed E-state index contributed by atoms with van der Waals surface area (Å²) < 4.78 is 0.898. The minimum absolute atomic E-state index is 0.0277. The number of carbonyl (C=O) groups excluding carboxylic acids is 1. The lowest BCUT2D eigenvalue weighted by Gasteiger charge is -2.25. The number of pyridine rings is 1. The van der Waals surface area contributed by atoms with Gasteiger partial charge in [0.1, 0.15) is 5.82 Å². The Balaban J connectivity index is 2.14. The first-order valence-electron chi connectivity index (χ1n) is 8.72. The Morgan fingerprint density at radius 1 is 1.08 bits per heavy atom. The smallest absolute Gasteiger partial charge is 0.259 e. The van der Waals surface area contributed by atoms with Crippen molar-refractivity contribution >= 4 is 27.7 Å². The largest absolute Gasteiger partial charge is 0.297 e. The van der Waals surface area contributed by atoms with Crippen LogP contribution in [0.3, 0.4) is 0 Å². The maximum Gasteiger partial charge on any atom is 0.259 e. The fourth-order valence-corrected chi connectivity index (χ4v) is 2.97. The lowest BCUT2D eigenvalue weighted by atomic mass is 10.1. The van der Waals surface area contributed by atoms with Gasteiger partial charge in [0.2, 0.25) is 0 Å². The number of benzene rings is 1. The molecular weight excluding hydrogens is 378 g/mol. The SMILES string of the molecule is CCN(C(=O)c1ccc(CN(CC)C(C)C)cc1)c1ccc(Br)cn1. The van der Waals surface area contributed by atoms with Gasteiger partial charge >= 0.3 is 0 Å². The van der Waals surface area contributed by atoms with Crippen LogP contribution in [0.15, 0.2) is 47.1 Å². The Labute approximate surface area is 159 Å². The van der Waals surface area contributed by atoms with Crippen molar-refractivity contribution in [3.8, 4) is 0 Å². The van der Waals surface area contributed by atoms with Crippen LogP contribution < -0.4 is 4.90 Å². The predicted molar refractivity (Wildman–Crippen MR) is 107 cm³/mol. The number of rotatable bonds is 7. The average molecular weight is 404 g/mol. The van der Waals surface area contributed by atoms with Crippen molar-refractivity contribution in [2.45, 2.75) is 40.3 Å². The zero-order valence-corrected chi connectivity index (χ0v) is 17.0. The summed E-state index contributed by atoms with van der Waals surface area (Å²) in [6.45, 7) is 11.0. The van der Waals surface area contributed by atoms with Crippen LogP contribution in [0.4, 0.5) is 5.82 Å². The van der Waals surface area contributed by atoms with Crippen LogP contribution in [0.5, 0.6) is 0 Å². The van der Waals surface area contributed by atoms with Crippen LogP contribution in [-0.2, 0) is 6.54 Å². The van der Waals surface area contributed by atoms with Gasteiger partial charge in [-0.15, -0.1) is 0 Å². The molecule has 1 aromatic carbocycles. The van der Waals surface area contributed by atoms with E-state index in [0.29, 0.717) is 24.0 Å². The van der Waals surface area contributed by atoms with Crippen LogP contribution in [0.2, 0.25) is 0 Å². The van der Waals surface area contributed by atoms with E-state index >= 15 is 0 Å². The van der Waals surface area contributed by atoms with Crippen molar-refractivity contribution in [3.05, 3.63) is 58.2 Å². The van der Waals surface area contributed by atoms with Crippen molar-refractivity contribution in [3.63, 3.8) is 0 Å². The number of aromatic nitrogens is 1. The van der Waals surface area contributed by atoms with Crippen LogP contribution in [-0.4, -0.2) is 34.9 Å². The summed E-state index contributed by atoms with van der Waals surface area (Å²) >= 11 is 3.37. The summed E-state index contributed by atoms with van der Waals surface area (Å²) in [6, 6.07) is 12.2.